The molecule has 2 heterocycles. The number of amides is 3. The molecule has 0 saturated carbocycles. The van der Waals surface area contributed by atoms with Crippen LogP contribution in [0.25, 0.3) is 0 Å². The lowest BCUT2D eigenvalue weighted by atomic mass is 9.89. The number of aromatic nitrogens is 1. The van der Waals surface area contributed by atoms with Gasteiger partial charge in [-0.3, -0.25) is 14.7 Å². The number of benzene rings is 1. The molecule has 6 heteroatoms. The maximum absolute atomic E-state index is 13.0. The van der Waals surface area contributed by atoms with Gasteiger partial charge in [-0.25, -0.2) is 4.79 Å². The molecule has 1 N–H and O–H groups in total. The van der Waals surface area contributed by atoms with E-state index in [0.29, 0.717) is 10.7 Å². The highest BCUT2D eigenvalue weighted by atomic mass is 35.5. The summed E-state index contributed by atoms with van der Waals surface area (Å²) in [6.45, 7) is 1.89. The van der Waals surface area contributed by atoms with Crippen molar-refractivity contribution in [3.05, 3.63) is 63.9 Å². The fourth-order valence-corrected chi connectivity index (χ4v) is 3.69. The number of fused-ring (bicyclic) bond motifs is 1. The van der Waals surface area contributed by atoms with Gasteiger partial charge in [0.2, 0.25) is 0 Å². The fraction of sp³-hybridized carbons (Fsp3) is 0.316. The van der Waals surface area contributed by atoms with E-state index in [-0.39, 0.29) is 12.5 Å². The number of pyridine rings is 1. The zero-order valence-electron chi connectivity index (χ0n) is 13.9. The third-order valence-electron chi connectivity index (χ3n) is 5.06. The first-order valence-electron chi connectivity index (χ1n) is 8.34. The van der Waals surface area contributed by atoms with Crippen LogP contribution < -0.4 is 5.32 Å². The van der Waals surface area contributed by atoms with Crippen LogP contribution >= 0.6 is 11.6 Å². The van der Waals surface area contributed by atoms with Gasteiger partial charge in [-0.15, -0.1) is 0 Å². The Kier molecular flexibility index (Phi) is 3.76. The maximum atomic E-state index is 13.0. The molecule has 1 unspecified atom stereocenters. The standard InChI is InChI=1S/C19H18ClN3O2/c1-19(14-6-5-12-3-2-4-13(12)9-14)17(24)23(18(25)22-19)11-16-8-7-15(20)10-21-16/h5-10H,2-4,11H2,1H3,(H,22,25). The Labute approximate surface area is 151 Å². The number of carbonyl (C=O) groups excluding carboxylic acids is 2. The molecule has 2 aromatic rings. The van der Waals surface area contributed by atoms with Crippen molar-refractivity contribution in [2.24, 2.45) is 0 Å². The smallest absolute Gasteiger partial charge is 0.319 e. The van der Waals surface area contributed by atoms with Crippen LogP contribution in [0.1, 0.15) is 35.7 Å². The van der Waals surface area contributed by atoms with Gasteiger partial charge in [0.1, 0.15) is 5.54 Å². The minimum Gasteiger partial charge on any atom is -0.319 e. The van der Waals surface area contributed by atoms with Crippen LogP contribution in [0.4, 0.5) is 4.79 Å². The lowest BCUT2D eigenvalue weighted by Crippen LogP contribution is -2.41. The fourth-order valence-electron chi connectivity index (χ4n) is 3.58. The predicted octanol–water partition coefficient (Wildman–Crippen LogP) is 3.19. The second-order valence-electron chi connectivity index (χ2n) is 6.75. The number of nitrogens with one attached hydrogen (secondary N) is 1. The molecule has 1 atom stereocenters. The number of urea groups is 1. The van der Waals surface area contributed by atoms with Crippen LogP contribution in [-0.2, 0) is 29.7 Å². The van der Waals surface area contributed by atoms with Crippen molar-refractivity contribution in [2.45, 2.75) is 38.3 Å². The first kappa shape index (κ1) is 16.1. The molecule has 1 aliphatic carbocycles. The highest BCUT2D eigenvalue weighted by Gasteiger charge is 2.49. The molecule has 25 heavy (non-hydrogen) atoms. The minimum atomic E-state index is -1.04. The molecule has 2 aliphatic rings. The molecular formula is C19H18ClN3O2. The van der Waals surface area contributed by atoms with Crippen molar-refractivity contribution in [1.29, 1.82) is 0 Å². The van der Waals surface area contributed by atoms with E-state index in [1.165, 1.54) is 22.2 Å². The Morgan fingerprint density at radius 3 is 2.76 bits per heavy atom. The van der Waals surface area contributed by atoms with E-state index < -0.39 is 11.6 Å². The quantitative estimate of drug-likeness (QED) is 0.860. The van der Waals surface area contributed by atoms with Gasteiger partial charge in [0.15, 0.2) is 0 Å². The maximum Gasteiger partial charge on any atom is 0.325 e. The Morgan fingerprint density at radius 1 is 1.20 bits per heavy atom. The summed E-state index contributed by atoms with van der Waals surface area (Å²) < 4.78 is 0. The van der Waals surface area contributed by atoms with Crippen LogP contribution in [0.3, 0.4) is 0 Å². The molecule has 1 aromatic carbocycles. The van der Waals surface area contributed by atoms with Gasteiger partial charge in [-0.05, 0) is 55.0 Å². The van der Waals surface area contributed by atoms with Gasteiger partial charge in [0.05, 0.1) is 17.3 Å². The number of carbonyl (C=O) groups is 2. The molecule has 1 aliphatic heterocycles. The average Bonchev–Trinajstić information content (AvgIpc) is 3.15. The number of halogens is 1. The predicted molar refractivity (Wildman–Crippen MR) is 94.1 cm³/mol. The van der Waals surface area contributed by atoms with Crippen molar-refractivity contribution in [1.82, 2.24) is 15.2 Å². The first-order valence-corrected chi connectivity index (χ1v) is 8.72. The first-order chi connectivity index (χ1) is 12.0. The van der Waals surface area contributed by atoms with E-state index in [1.54, 1.807) is 19.1 Å². The zero-order valence-corrected chi connectivity index (χ0v) is 14.6. The van der Waals surface area contributed by atoms with Gasteiger partial charge < -0.3 is 5.32 Å². The lowest BCUT2D eigenvalue weighted by molar-refractivity contribution is -0.131. The molecule has 0 bridgehead atoms. The number of rotatable bonds is 3. The van der Waals surface area contributed by atoms with Crippen LogP contribution in [-0.4, -0.2) is 21.8 Å². The van der Waals surface area contributed by atoms with Gasteiger partial charge in [-0.1, -0.05) is 29.8 Å². The Hall–Kier alpha value is -2.40. The summed E-state index contributed by atoms with van der Waals surface area (Å²) in [6, 6.07) is 9.10. The summed E-state index contributed by atoms with van der Waals surface area (Å²) in [5.41, 5.74) is 3.02. The van der Waals surface area contributed by atoms with Crippen LogP contribution in [0.2, 0.25) is 5.02 Å². The SMILES string of the molecule is CC1(c2ccc3c(c2)CCC3)NC(=O)N(Cc2ccc(Cl)cn2)C1=O. The van der Waals surface area contributed by atoms with E-state index in [0.717, 1.165) is 24.8 Å². The molecule has 0 spiro atoms. The zero-order chi connectivity index (χ0) is 17.6. The summed E-state index contributed by atoms with van der Waals surface area (Å²) >= 11 is 5.84. The number of imide groups is 1. The van der Waals surface area contributed by atoms with Gasteiger partial charge in [0.25, 0.3) is 5.91 Å². The molecule has 3 amide bonds. The number of aryl methyl sites for hydroxylation is 2. The van der Waals surface area contributed by atoms with E-state index in [2.05, 4.69) is 22.4 Å². The molecular weight excluding hydrogens is 338 g/mol. The molecule has 1 saturated heterocycles. The topological polar surface area (TPSA) is 62.3 Å². The van der Waals surface area contributed by atoms with E-state index in [4.69, 9.17) is 11.6 Å². The Balaban J connectivity index is 1.62. The van der Waals surface area contributed by atoms with E-state index >= 15 is 0 Å². The van der Waals surface area contributed by atoms with Gasteiger partial charge in [-0.2, -0.15) is 0 Å². The molecule has 0 radical (unpaired) electrons. The lowest BCUT2D eigenvalue weighted by Gasteiger charge is -2.23. The third-order valence-corrected chi connectivity index (χ3v) is 5.28. The summed E-state index contributed by atoms with van der Waals surface area (Å²) in [6.07, 6.45) is 4.76. The van der Waals surface area contributed by atoms with Crippen molar-refractivity contribution < 1.29 is 9.59 Å². The normalized spacial score (nSPS) is 22.2. The number of hydrogen-bond donors (Lipinski definition) is 1. The second-order valence-corrected chi connectivity index (χ2v) is 7.19. The Morgan fingerprint density at radius 2 is 2.00 bits per heavy atom. The van der Waals surface area contributed by atoms with Crippen LogP contribution in [0, 0.1) is 0 Å². The van der Waals surface area contributed by atoms with E-state index in [1.807, 2.05) is 6.07 Å². The van der Waals surface area contributed by atoms with Crippen LogP contribution in [0.5, 0.6) is 0 Å². The summed E-state index contributed by atoms with van der Waals surface area (Å²) in [5.74, 6) is -0.257. The number of hydrogen-bond acceptors (Lipinski definition) is 3. The molecule has 5 nitrogen and oxygen atoms in total. The van der Waals surface area contributed by atoms with Crippen molar-refractivity contribution in [3.63, 3.8) is 0 Å². The average molecular weight is 356 g/mol. The van der Waals surface area contributed by atoms with Gasteiger partial charge >= 0.3 is 6.03 Å². The van der Waals surface area contributed by atoms with Crippen molar-refractivity contribution >= 4 is 23.5 Å². The highest BCUT2D eigenvalue weighted by Crippen LogP contribution is 2.33. The monoisotopic (exact) mass is 355 g/mol. The Bertz CT molecular complexity index is 865. The summed E-state index contributed by atoms with van der Waals surface area (Å²) in [7, 11) is 0. The molecule has 128 valence electrons. The highest BCUT2D eigenvalue weighted by molar-refractivity contribution is 6.30. The largest absolute Gasteiger partial charge is 0.325 e. The summed E-state index contributed by atoms with van der Waals surface area (Å²) in [4.78, 5) is 30.8. The molecule has 1 aromatic heterocycles. The van der Waals surface area contributed by atoms with E-state index in [9.17, 15) is 9.59 Å². The van der Waals surface area contributed by atoms with Gasteiger partial charge in [0, 0.05) is 6.20 Å². The summed E-state index contributed by atoms with van der Waals surface area (Å²) in [5, 5.41) is 3.37. The molecule has 4 rings (SSSR count). The molecule has 1 fully saturated rings. The number of nitrogens with zero attached hydrogens (tertiary/aromatic N) is 2. The minimum absolute atomic E-state index is 0.127. The third kappa shape index (κ3) is 2.68. The van der Waals surface area contributed by atoms with Crippen molar-refractivity contribution in [3.8, 4) is 0 Å². The van der Waals surface area contributed by atoms with Crippen molar-refractivity contribution in [2.75, 3.05) is 0 Å². The second kappa shape index (κ2) is 5.85. The van der Waals surface area contributed by atoms with Crippen LogP contribution in [0.15, 0.2) is 36.5 Å².